The van der Waals surface area contributed by atoms with Crippen LogP contribution in [0.5, 0.6) is 0 Å². The summed E-state index contributed by atoms with van der Waals surface area (Å²) >= 11 is 0. The normalized spacial score (nSPS) is 43.4. The van der Waals surface area contributed by atoms with E-state index in [0.717, 1.165) is 76.2 Å². The second-order valence-electron chi connectivity index (χ2n) is 10.9. The van der Waals surface area contributed by atoms with Gasteiger partial charge in [-0.25, -0.2) is 9.97 Å². The maximum absolute atomic E-state index is 13.3. The molecule has 2 saturated heterocycles. The Labute approximate surface area is 176 Å². The highest BCUT2D eigenvalue weighted by Gasteiger charge is 2.55. The highest BCUT2D eigenvalue weighted by molar-refractivity contribution is 5.95. The molecule has 0 aromatic carbocycles. The lowest BCUT2D eigenvalue weighted by Gasteiger charge is -2.58. The second-order valence-corrected chi connectivity index (χ2v) is 10.9. The van der Waals surface area contributed by atoms with Crippen molar-refractivity contribution in [1.29, 1.82) is 0 Å². The molecule has 1 aromatic rings. The standard InChI is InChI=1S/C23H30N4O3/c28-21(25-19-14-3-12-4-15(19)8-23(29,6-12)7-14)18-9-24-22(26-20(18)13-1-2-13)27-10-17-5-16(27)11-30-17/h9,12-17,19,29H,1-8,10-11H2,(H,25,28). The number of hydrogen-bond donors (Lipinski definition) is 2. The van der Waals surface area contributed by atoms with Crippen molar-refractivity contribution in [2.45, 2.75) is 81.1 Å². The van der Waals surface area contributed by atoms with Crippen LogP contribution in [0.1, 0.15) is 73.3 Å². The van der Waals surface area contributed by atoms with Crippen LogP contribution in [0, 0.1) is 17.8 Å². The summed E-state index contributed by atoms with van der Waals surface area (Å²) in [6.07, 6.45) is 10.3. The van der Waals surface area contributed by atoms with Gasteiger partial charge in [-0.15, -0.1) is 0 Å². The van der Waals surface area contributed by atoms with E-state index in [2.05, 4.69) is 15.2 Å². The molecule has 7 aliphatic rings. The van der Waals surface area contributed by atoms with Crippen LogP contribution < -0.4 is 10.2 Å². The number of amides is 1. The molecular formula is C23H30N4O3. The van der Waals surface area contributed by atoms with Crippen LogP contribution in [0.25, 0.3) is 0 Å². The zero-order chi connectivity index (χ0) is 20.0. The Bertz CT molecular complexity index is 886. The molecule has 7 fully saturated rings. The average Bonchev–Trinajstić information content (AvgIpc) is 3.35. The van der Waals surface area contributed by atoms with Gasteiger partial charge in [-0.3, -0.25) is 4.79 Å². The average molecular weight is 411 g/mol. The highest BCUT2D eigenvalue weighted by Crippen LogP contribution is 2.55. The molecule has 5 aliphatic carbocycles. The number of hydrogen-bond acceptors (Lipinski definition) is 6. The minimum atomic E-state index is -0.472. The molecule has 6 bridgehead atoms. The highest BCUT2D eigenvalue weighted by atomic mass is 16.5. The molecule has 2 N–H and O–H groups in total. The van der Waals surface area contributed by atoms with Gasteiger partial charge in [-0.2, -0.15) is 0 Å². The van der Waals surface area contributed by atoms with Gasteiger partial charge in [-0.05, 0) is 69.1 Å². The number of carbonyl (C=O) groups excluding carboxylic acids is 1. The van der Waals surface area contributed by atoms with Gasteiger partial charge in [0.25, 0.3) is 5.91 Å². The molecule has 7 nitrogen and oxygen atoms in total. The molecule has 5 saturated carbocycles. The SMILES string of the molecule is O=C(NC1C2CC3CC1CC(O)(C3)C2)c1cnc(N2CC3CC2CO3)nc1C1CC1. The van der Waals surface area contributed by atoms with E-state index in [4.69, 9.17) is 9.72 Å². The van der Waals surface area contributed by atoms with E-state index in [-0.39, 0.29) is 11.9 Å². The maximum Gasteiger partial charge on any atom is 0.254 e. The van der Waals surface area contributed by atoms with Crippen molar-refractivity contribution in [3.8, 4) is 0 Å². The smallest absolute Gasteiger partial charge is 0.254 e. The van der Waals surface area contributed by atoms with Crippen molar-refractivity contribution in [3.05, 3.63) is 17.5 Å². The number of carbonyl (C=O) groups is 1. The molecule has 4 unspecified atom stereocenters. The van der Waals surface area contributed by atoms with E-state index in [9.17, 15) is 9.90 Å². The molecule has 0 radical (unpaired) electrons. The molecule has 7 heteroatoms. The van der Waals surface area contributed by atoms with Crippen molar-refractivity contribution in [1.82, 2.24) is 15.3 Å². The predicted octanol–water partition coefficient (Wildman–Crippen LogP) is 2.00. The Balaban J connectivity index is 1.14. The lowest BCUT2D eigenvalue weighted by molar-refractivity contribution is -0.136. The topological polar surface area (TPSA) is 87.6 Å². The summed E-state index contributed by atoms with van der Waals surface area (Å²) in [6.45, 7) is 1.61. The van der Waals surface area contributed by atoms with Gasteiger partial charge in [0.2, 0.25) is 5.95 Å². The van der Waals surface area contributed by atoms with Crippen LogP contribution in [-0.2, 0) is 4.74 Å². The zero-order valence-electron chi connectivity index (χ0n) is 17.3. The first-order chi connectivity index (χ1) is 14.5. The largest absolute Gasteiger partial charge is 0.390 e. The second kappa shape index (κ2) is 6.16. The van der Waals surface area contributed by atoms with Crippen LogP contribution >= 0.6 is 0 Å². The Kier molecular flexibility index (Phi) is 3.68. The quantitative estimate of drug-likeness (QED) is 0.790. The summed E-state index contributed by atoms with van der Waals surface area (Å²) in [5.41, 5.74) is 1.12. The molecule has 0 spiro atoms. The summed E-state index contributed by atoms with van der Waals surface area (Å²) in [6, 6.07) is 0.563. The summed E-state index contributed by atoms with van der Waals surface area (Å²) in [4.78, 5) is 25.1. The third-order valence-electron chi connectivity index (χ3n) is 8.71. The number of anilines is 1. The van der Waals surface area contributed by atoms with Crippen LogP contribution in [0.4, 0.5) is 5.95 Å². The number of morpholine rings is 1. The summed E-state index contributed by atoms with van der Waals surface area (Å²) in [5, 5.41) is 14.2. The number of fused-ring (bicyclic) bond motifs is 2. The van der Waals surface area contributed by atoms with Crippen LogP contribution in [0.3, 0.4) is 0 Å². The fourth-order valence-corrected chi connectivity index (χ4v) is 7.46. The molecule has 1 aromatic heterocycles. The first kappa shape index (κ1) is 17.9. The number of aliphatic hydroxyl groups is 1. The molecule has 4 atom stereocenters. The minimum Gasteiger partial charge on any atom is -0.390 e. The molecule has 8 rings (SSSR count). The van der Waals surface area contributed by atoms with Gasteiger partial charge in [-0.1, -0.05) is 0 Å². The zero-order valence-corrected chi connectivity index (χ0v) is 17.3. The third kappa shape index (κ3) is 2.74. The molecule has 1 amide bonds. The maximum atomic E-state index is 13.3. The Morgan fingerprint density at radius 1 is 1.20 bits per heavy atom. The minimum absolute atomic E-state index is 0.0146. The fraction of sp³-hybridized carbons (Fsp3) is 0.783. The predicted molar refractivity (Wildman–Crippen MR) is 109 cm³/mol. The lowest BCUT2D eigenvalue weighted by atomic mass is 9.52. The van der Waals surface area contributed by atoms with Crippen molar-refractivity contribution >= 4 is 11.9 Å². The van der Waals surface area contributed by atoms with Crippen molar-refractivity contribution in [2.75, 3.05) is 18.1 Å². The Hall–Kier alpha value is -1.73. The Morgan fingerprint density at radius 2 is 2.00 bits per heavy atom. The first-order valence-corrected chi connectivity index (χ1v) is 11.8. The van der Waals surface area contributed by atoms with E-state index in [0.29, 0.717) is 41.4 Å². The van der Waals surface area contributed by atoms with Crippen LogP contribution in [-0.4, -0.2) is 57.9 Å². The third-order valence-corrected chi connectivity index (χ3v) is 8.71. The number of aromatic nitrogens is 2. The molecule has 30 heavy (non-hydrogen) atoms. The number of ether oxygens (including phenoxy) is 1. The van der Waals surface area contributed by atoms with Gasteiger partial charge in [0.1, 0.15) is 0 Å². The molecular weight excluding hydrogens is 380 g/mol. The summed E-state index contributed by atoms with van der Waals surface area (Å²) in [7, 11) is 0. The summed E-state index contributed by atoms with van der Waals surface area (Å²) < 4.78 is 5.71. The first-order valence-electron chi connectivity index (χ1n) is 11.8. The monoisotopic (exact) mass is 410 g/mol. The van der Waals surface area contributed by atoms with Crippen molar-refractivity contribution < 1.29 is 14.6 Å². The number of nitrogens with one attached hydrogen (secondary N) is 1. The van der Waals surface area contributed by atoms with Crippen LogP contribution in [0.2, 0.25) is 0 Å². The number of rotatable bonds is 4. The van der Waals surface area contributed by atoms with Gasteiger partial charge < -0.3 is 20.1 Å². The summed E-state index contributed by atoms with van der Waals surface area (Å²) in [5.74, 6) is 2.61. The fourth-order valence-electron chi connectivity index (χ4n) is 7.46. The van der Waals surface area contributed by atoms with Crippen molar-refractivity contribution in [2.24, 2.45) is 17.8 Å². The van der Waals surface area contributed by atoms with Gasteiger partial charge in [0.15, 0.2) is 0 Å². The lowest BCUT2D eigenvalue weighted by Crippen LogP contribution is -2.61. The number of nitrogens with zero attached hydrogens (tertiary/aromatic N) is 3. The van der Waals surface area contributed by atoms with E-state index in [1.165, 1.54) is 0 Å². The van der Waals surface area contributed by atoms with Gasteiger partial charge >= 0.3 is 0 Å². The molecule has 2 aliphatic heterocycles. The Morgan fingerprint density at radius 3 is 2.63 bits per heavy atom. The van der Waals surface area contributed by atoms with Crippen LogP contribution in [0.15, 0.2) is 6.20 Å². The van der Waals surface area contributed by atoms with E-state index < -0.39 is 5.60 Å². The van der Waals surface area contributed by atoms with E-state index in [1.807, 2.05) is 0 Å². The molecule has 160 valence electrons. The van der Waals surface area contributed by atoms with E-state index in [1.54, 1.807) is 6.20 Å². The molecule has 3 heterocycles. The van der Waals surface area contributed by atoms with Crippen molar-refractivity contribution in [3.63, 3.8) is 0 Å². The van der Waals surface area contributed by atoms with E-state index >= 15 is 0 Å². The van der Waals surface area contributed by atoms with Gasteiger partial charge in [0, 0.05) is 24.7 Å². The van der Waals surface area contributed by atoms with Gasteiger partial charge in [0.05, 0.1) is 35.6 Å².